The van der Waals surface area contributed by atoms with Gasteiger partial charge in [-0.05, 0) is 29.6 Å². The predicted molar refractivity (Wildman–Crippen MR) is 49.7 cm³/mol. The molecule has 0 amide bonds. The van der Waals surface area contributed by atoms with Gasteiger partial charge in [0.2, 0.25) is 0 Å². The fourth-order valence-electron chi connectivity index (χ4n) is 1.12. The summed E-state index contributed by atoms with van der Waals surface area (Å²) in [4.78, 5) is 4.25. The van der Waals surface area contributed by atoms with Crippen LogP contribution in [0.4, 0.5) is 0 Å². The fourth-order valence-corrected chi connectivity index (χ4v) is 1.12. The first-order chi connectivity index (χ1) is 6.90. The second kappa shape index (κ2) is 3.93. The van der Waals surface area contributed by atoms with E-state index in [4.69, 9.17) is 0 Å². The zero-order chi connectivity index (χ0) is 9.80. The van der Waals surface area contributed by atoms with E-state index >= 15 is 0 Å². The number of rotatable bonds is 3. The number of hydrogen-bond donors (Lipinski definition) is 1. The molecule has 2 heterocycles. The van der Waals surface area contributed by atoms with Gasteiger partial charge in [0.15, 0.2) is 0 Å². The molecule has 0 saturated carbocycles. The van der Waals surface area contributed by atoms with Crippen LogP contribution in [0.1, 0.15) is 5.69 Å². The molecule has 0 unspecified atom stereocenters. The zero-order valence-electron chi connectivity index (χ0n) is 7.75. The van der Waals surface area contributed by atoms with E-state index in [0.29, 0.717) is 0 Å². The van der Waals surface area contributed by atoms with Gasteiger partial charge in [-0.3, -0.25) is 4.98 Å². The summed E-state index contributed by atoms with van der Waals surface area (Å²) in [6.45, 7) is 0.760. The van der Waals surface area contributed by atoms with E-state index < -0.39 is 0 Å². The van der Waals surface area contributed by atoms with Crippen molar-refractivity contribution in [1.82, 2.24) is 30.5 Å². The van der Waals surface area contributed by atoms with E-state index in [-0.39, 0.29) is 0 Å². The standard InChI is InChI=1S/C8H10N6/c1-9-4-7-2-3-8(5-10-7)14-6-11-12-13-14/h2-3,5-6,9H,4H2,1H3. The quantitative estimate of drug-likeness (QED) is 0.724. The molecular weight excluding hydrogens is 180 g/mol. The lowest BCUT2D eigenvalue weighted by atomic mass is 10.3. The van der Waals surface area contributed by atoms with Gasteiger partial charge in [-0.25, -0.2) is 0 Å². The third-order valence-corrected chi connectivity index (χ3v) is 1.78. The molecule has 72 valence electrons. The highest BCUT2D eigenvalue weighted by atomic mass is 15.5. The van der Waals surface area contributed by atoms with Crippen LogP contribution in [0.3, 0.4) is 0 Å². The van der Waals surface area contributed by atoms with E-state index in [0.717, 1.165) is 17.9 Å². The average Bonchev–Trinajstić information content (AvgIpc) is 2.72. The number of tetrazole rings is 1. The summed E-state index contributed by atoms with van der Waals surface area (Å²) < 4.78 is 1.57. The third-order valence-electron chi connectivity index (χ3n) is 1.78. The Hall–Kier alpha value is -1.82. The van der Waals surface area contributed by atoms with Crippen molar-refractivity contribution in [2.75, 3.05) is 7.05 Å². The highest BCUT2D eigenvalue weighted by Gasteiger charge is 1.98. The van der Waals surface area contributed by atoms with Gasteiger partial charge in [-0.2, -0.15) is 4.68 Å². The Labute approximate surface area is 81.0 Å². The summed E-state index contributed by atoms with van der Waals surface area (Å²) in [6, 6.07) is 3.86. The van der Waals surface area contributed by atoms with E-state index in [2.05, 4.69) is 25.8 Å². The van der Waals surface area contributed by atoms with Gasteiger partial charge in [0, 0.05) is 6.54 Å². The minimum Gasteiger partial charge on any atom is -0.314 e. The van der Waals surface area contributed by atoms with Gasteiger partial charge in [0.05, 0.1) is 17.6 Å². The molecule has 0 atom stereocenters. The molecule has 0 radical (unpaired) electrons. The van der Waals surface area contributed by atoms with Crippen LogP contribution in [0.5, 0.6) is 0 Å². The lowest BCUT2D eigenvalue weighted by Crippen LogP contribution is -2.07. The fraction of sp³-hybridized carbons (Fsp3) is 0.250. The molecular formula is C8H10N6. The van der Waals surface area contributed by atoms with E-state index in [1.165, 1.54) is 6.33 Å². The molecule has 0 spiro atoms. The Morgan fingerprint density at radius 2 is 2.36 bits per heavy atom. The molecule has 6 nitrogen and oxygen atoms in total. The molecule has 0 saturated heterocycles. The summed E-state index contributed by atoms with van der Waals surface area (Å²) in [5.41, 5.74) is 1.85. The number of aromatic nitrogens is 5. The van der Waals surface area contributed by atoms with E-state index in [1.807, 2.05) is 19.2 Å². The molecule has 2 aromatic rings. The molecule has 2 rings (SSSR count). The van der Waals surface area contributed by atoms with Gasteiger partial charge in [-0.1, -0.05) is 0 Å². The number of hydrogen-bond acceptors (Lipinski definition) is 5. The number of nitrogens with zero attached hydrogens (tertiary/aromatic N) is 5. The smallest absolute Gasteiger partial charge is 0.143 e. The van der Waals surface area contributed by atoms with Gasteiger partial charge in [0.25, 0.3) is 0 Å². The maximum Gasteiger partial charge on any atom is 0.143 e. The monoisotopic (exact) mass is 190 g/mol. The molecule has 0 aliphatic carbocycles. The van der Waals surface area contributed by atoms with Crippen LogP contribution in [0, 0.1) is 0 Å². The minimum absolute atomic E-state index is 0.760. The summed E-state index contributed by atoms with van der Waals surface area (Å²) in [5.74, 6) is 0. The highest BCUT2D eigenvalue weighted by Crippen LogP contribution is 2.03. The summed E-state index contributed by atoms with van der Waals surface area (Å²) >= 11 is 0. The highest BCUT2D eigenvalue weighted by molar-refractivity contribution is 5.27. The first-order valence-electron chi connectivity index (χ1n) is 4.23. The maximum atomic E-state index is 4.25. The Kier molecular flexibility index (Phi) is 2.46. The Bertz CT molecular complexity index is 379. The normalized spacial score (nSPS) is 10.4. The molecule has 0 fully saturated rings. The second-order valence-corrected chi connectivity index (χ2v) is 2.79. The molecule has 6 heteroatoms. The first-order valence-corrected chi connectivity index (χ1v) is 4.23. The van der Waals surface area contributed by atoms with Gasteiger partial charge < -0.3 is 5.32 Å². The second-order valence-electron chi connectivity index (χ2n) is 2.79. The SMILES string of the molecule is CNCc1ccc(-n2cnnn2)cn1. The molecule has 0 aliphatic heterocycles. The van der Waals surface area contributed by atoms with Crippen LogP contribution >= 0.6 is 0 Å². The van der Waals surface area contributed by atoms with Crippen LogP contribution in [-0.2, 0) is 6.54 Å². The van der Waals surface area contributed by atoms with Crippen molar-refractivity contribution in [3.8, 4) is 5.69 Å². The average molecular weight is 190 g/mol. The molecule has 1 N–H and O–H groups in total. The van der Waals surface area contributed by atoms with E-state index in [9.17, 15) is 0 Å². The minimum atomic E-state index is 0.760. The van der Waals surface area contributed by atoms with Crippen LogP contribution in [0.15, 0.2) is 24.7 Å². The van der Waals surface area contributed by atoms with Gasteiger partial charge in [-0.15, -0.1) is 5.10 Å². The predicted octanol–water partition coefficient (Wildman–Crippen LogP) is -0.223. The molecule has 0 aliphatic rings. The van der Waals surface area contributed by atoms with Crippen molar-refractivity contribution in [2.45, 2.75) is 6.54 Å². The number of pyridine rings is 1. The van der Waals surface area contributed by atoms with Crippen LogP contribution in [0.2, 0.25) is 0 Å². The summed E-state index contributed by atoms with van der Waals surface area (Å²) in [6.07, 6.45) is 3.28. The maximum absolute atomic E-state index is 4.25. The van der Waals surface area contributed by atoms with E-state index in [1.54, 1.807) is 10.9 Å². The van der Waals surface area contributed by atoms with Crippen molar-refractivity contribution >= 4 is 0 Å². The molecule has 2 aromatic heterocycles. The van der Waals surface area contributed by atoms with Crippen LogP contribution < -0.4 is 5.32 Å². The lowest BCUT2D eigenvalue weighted by Gasteiger charge is -2.01. The Morgan fingerprint density at radius 3 is 2.93 bits per heavy atom. The molecule has 14 heavy (non-hydrogen) atoms. The lowest BCUT2D eigenvalue weighted by molar-refractivity contribution is 0.770. The van der Waals surface area contributed by atoms with Crippen LogP contribution in [0.25, 0.3) is 5.69 Å². The number of nitrogens with one attached hydrogen (secondary N) is 1. The molecule has 0 aromatic carbocycles. The van der Waals surface area contributed by atoms with Gasteiger partial charge >= 0.3 is 0 Å². The molecule has 0 bridgehead atoms. The van der Waals surface area contributed by atoms with Gasteiger partial charge in [0.1, 0.15) is 6.33 Å². The van der Waals surface area contributed by atoms with Crippen molar-refractivity contribution in [3.63, 3.8) is 0 Å². The summed E-state index contributed by atoms with van der Waals surface area (Å²) in [5, 5.41) is 13.9. The zero-order valence-corrected chi connectivity index (χ0v) is 7.75. The van der Waals surface area contributed by atoms with Crippen LogP contribution in [-0.4, -0.2) is 32.2 Å². The van der Waals surface area contributed by atoms with Crippen molar-refractivity contribution in [3.05, 3.63) is 30.4 Å². The largest absolute Gasteiger partial charge is 0.314 e. The van der Waals surface area contributed by atoms with Crippen molar-refractivity contribution in [1.29, 1.82) is 0 Å². The Morgan fingerprint density at radius 1 is 1.43 bits per heavy atom. The summed E-state index contributed by atoms with van der Waals surface area (Å²) in [7, 11) is 1.89. The first kappa shape index (κ1) is 8.76. The van der Waals surface area contributed by atoms with Crippen molar-refractivity contribution < 1.29 is 0 Å². The van der Waals surface area contributed by atoms with Crippen molar-refractivity contribution in [2.24, 2.45) is 0 Å². The Balaban J connectivity index is 2.22. The topological polar surface area (TPSA) is 68.5 Å². The third kappa shape index (κ3) is 1.74.